The van der Waals surface area contributed by atoms with Crippen molar-refractivity contribution in [1.82, 2.24) is 14.9 Å². The molecule has 1 atom stereocenters. The van der Waals surface area contributed by atoms with E-state index in [0.29, 0.717) is 6.42 Å². The molecule has 6 heteroatoms. The molecular formula is C23H24BrN3O2. The van der Waals surface area contributed by atoms with Gasteiger partial charge in [0.25, 0.3) is 0 Å². The number of amides is 1. The van der Waals surface area contributed by atoms with E-state index in [-0.39, 0.29) is 12.1 Å². The van der Waals surface area contributed by atoms with Crippen LogP contribution in [0.15, 0.2) is 65.4 Å². The second-order valence-electron chi connectivity index (χ2n) is 8.29. The molecule has 0 saturated carbocycles. The Labute approximate surface area is 179 Å². The average molecular weight is 454 g/mol. The van der Waals surface area contributed by atoms with E-state index in [0.717, 1.165) is 21.4 Å². The molecule has 1 N–H and O–H groups in total. The van der Waals surface area contributed by atoms with E-state index in [4.69, 9.17) is 4.74 Å². The SMILES string of the molecule is CC(C)(C)NC(=O)OCCC1(c2ccc(Br)cc2)c2ccccc2-c2nccn21. The van der Waals surface area contributed by atoms with Gasteiger partial charge in [0, 0.05) is 34.4 Å². The van der Waals surface area contributed by atoms with Gasteiger partial charge in [-0.1, -0.05) is 52.3 Å². The molecule has 2 heterocycles. The highest BCUT2D eigenvalue weighted by molar-refractivity contribution is 9.10. The summed E-state index contributed by atoms with van der Waals surface area (Å²) in [6, 6.07) is 16.6. The number of hydrogen-bond acceptors (Lipinski definition) is 3. The number of benzene rings is 2. The summed E-state index contributed by atoms with van der Waals surface area (Å²) in [7, 11) is 0. The highest BCUT2D eigenvalue weighted by Gasteiger charge is 2.44. The predicted octanol–water partition coefficient (Wildman–Crippen LogP) is 5.33. The van der Waals surface area contributed by atoms with Crippen molar-refractivity contribution in [2.24, 2.45) is 0 Å². The van der Waals surface area contributed by atoms with Crippen LogP contribution in [0.4, 0.5) is 4.79 Å². The number of carbonyl (C=O) groups excluding carboxylic acids is 1. The molecule has 2 aromatic carbocycles. The van der Waals surface area contributed by atoms with Gasteiger partial charge >= 0.3 is 6.09 Å². The molecule has 0 bridgehead atoms. The number of nitrogens with zero attached hydrogens (tertiary/aromatic N) is 2. The Morgan fingerprint density at radius 2 is 1.90 bits per heavy atom. The number of rotatable bonds is 4. The second kappa shape index (κ2) is 7.34. The van der Waals surface area contributed by atoms with E-state index in [1.54, 1.807) is 0 Å². The van der Waals surface area contributed by atoms with Crippen LogP contribution in [0.5, 0.6) is 0 Å². The second-order valence-corrected chi connectivity index (χ2v) is 9.21. The fraction of sp³-hybridized carbons (Fsp3) is 0.304. The normalized spacial score (nSPS) is 17.5. The number of aromatic nitrogens is 2. The predicted molar refractivity (Wildman–Crippen MR) is 117 cm³/mol. The Hall–Kier alpha value is -2.60. The first kappa shape index (κ1) is 19.7. The van der Waals surface area contributed by atoms with Gasteiger partial charge in [0.05, 0.1) is 6.61 Å². The minimum absolute atomic E-state index is 0.282. The van der Waals surface area contributed by atoms with Crippen LogP contribution < -0.4 is 5.32 Å². The molecule has 1 aliphatic heterocycles. The summed E-state index contributed by atoms with van der Waals surface area (Å²) in [5.41, 5.74) is 2.60. The lowest BCUT2D eigenvalue weighted by atomic mass is 9.80. The summed E-state index contributed by atoms with van der Waals surface area (Å²) in [4.78, 5) is 16.8. The minimum atomic E-state index is -0.481. The van der Waals surface area contributed by atoms with Crippen molar-refractivity contribution in [3.05, 3.63) is 76.5 Å². The van der Waals surface area contributed by atoms with Gasteiger partial charge in [-0.2, -0.15) is 0 Å². The summed E-state index contributed by atoms with van der Waals surface area (Å²) in [5, 5.41) is 2.85. The fourth-order valence-corrected chi connectivity index (χ4v) is 4.30. The largest absolute Gasteiger partial charge is 0.449 e. The number of carbonyl (C=O) groups is 1. The van der Waals surface area contributed by atoms with Crippen LogP contribution in [0, 0.1) is 0 Å². The van der Waals surface area contributed by atoms with Gasteiger partial charge in [-0.25, -0.2) is 9.78 Å². The third-order valence-corrected chi connectivity index (χ3v) is 5.69. The molecule has 1 aromatic heterocycles. The van der Waals surface area contributed by atoms with Gasteiger partial charge in [-0.15, -0.1) is 0 Å². The molecule has 1 unspecified atom stereocenters. The van der Waals surface area contributed by atoms with Gasteiger partial charge in [-0.05, 0) is 44.0 Å². The third-order valence-electron chi connectivity index (χ3n) is 5.16. The molecule has 0 radical (unpaired) electrons. The summed E-state index contributed by atoms with van der Waals surface area (Å²) < 4.78 is 8.79. The number of nitrogens with one attached hydrogen (secondary N) is 1. The third kappa shape index (κ3) is 3.57. The summed E-state index contributed by atoms with van der Waals surface area (Å²) in [6.07, 6.45) is 4.03. The number of halogens is 1. The molecule has 29 heavy (non-hydrogen) atoms. The number of fused-ring (bicyclic) bond motifs is 3. The standard InChI is InChI=1S/C23H24BrN3O2/c1-22(2,3)26-21(28)29-15-12-23(16-8-10-17(24)11-9-16)19-7-5-4-6-18(19)20-25-13-14-27(20)23/h4-11,13-14H,12,15H2,1-3H3,(H,26,28). The molecule has 5 nitrogen and oxygen atoms in total. The molecule has 4 rings (SSSR count). The maximum absolute atomic E-state index is 12.2. The van der Waals surface area contributed by atoms with Crippen molar-refractivity contribution in [2.45, 2.75) is 38.3 Å². The lowest BCUT2D eigenvalue weighted by Crippen LogP contribution is -2.42. The van der Waals surface area contributed by atoms with Gasteiger partial charge in [0.2, 0.25) is 0 Å². The average Bonchev–Trinajstić information content (AvgIpc) is 3.23. The zero-order valence-electron chi connectivity index (χ0n) is 16.8. The lowest BCUT2D eigenvalue weighted by molar-refractivity contribution is 0.128. The van der Waals surface area contributed by atoms with Crippen molar-refractivity contribution in [1.29, 1.82) is 0 Å². The Bertz CT molecular complexity index is 1040. The topological polar surface area (TPSA) is 56.1 Å². The zero-order chi connectivity index (χ0) is 20.6. The van der Waals surface area contributed by atoms with E-state index in [9.17, 15) is 4.79 Å². The molecule has 0 saturated heterocycles. The number of ether oxygens (including phenoxy) is 1. The number of hydrogen-bond donors (Lipinski definition) is 1. The number of alkyl carbamates (subject to hydrolysis) is 1. The van der Waals surface area contributed by atoms with Gasteiger partial charge in [0.1, 0.15) is 11.4 Å². The van der Waals surface area contributed by atoms with E-state index < -0.39 is 11.6 Å². The molecule has 3 aromatic rings. The molecule has 1 amide bonds. The van der Waals surface area contributed by atoms with E-state index in [1.165, 1.54) is 5.56 Å². The van der Waals surface area contributed by atoms with Crippen molar-refractivity contribution >= 4 is 22.0 Å². The van der Waals surface area contributed by atoms with Crippen LogP contribution in [0.25, 0.3) is 11.4 Å². The van der Waals surface area contributed by atoms with Gasteiger partial charge in [0.15, 0.2) is 0 Å². The maximum Gasteiger partial charge on any atom is 0.407 e. The van der Waals surface area contributed by atoms with E-state index in [1.807, 2.05) is 57.4 Å². The first-order valence-corrected chi connectivity index (χ1v) is 10.5. The van der Waals surface area contributed by atoms with Crippen LogP contribution >= 0.6 is 15.9 Å². The first-order chi connectivity index (χ1) is 13.8. The quantitative estimate of drug-likeness (QED) is 0.580. The van der Waals surface area contributed by atoms with Crippen molar-refractivity contribution in [2.75, 3.05) is 6.61 Å². The fourth-order valence-electron chi connectivity index (χ4n) is 4.03. The van der Waals surface area contributed by atoms with Crippen molar-refractivity contribution in [3.63, 3.8) is 0 Å². The molecule has 0 aliphatic carbocycles. The van der Waals surface area contributed by atoms with Crippen LogP contribution in [0.3, 0.4) is 0 Å². The van der Waals surface area contributed by atoms with Crippen LogP contribution in [-0.4, -0.2) is 27.8 Å². The van der Waals surface area contributed by atoms with Crippen LogP contribution in [-0.2, 0) is 10.3 Å². The molecule has 0 spiro atoms. The highest BCUT2D eigenvalue weighted by Crippen LogP contribution is 2.48. The highest BCUT2D eigenvalue weighted by atomic mass is 79.9. The summed E-state index contributed by atoms with van der Waals surface area (Å²) in [6.45, 7) is 6.08. The van der Waals surface area contributed by atoms with Gasteiger partial charge < -0.3 is 14.6 Å². The first-order valence-electron chi connectivity index (χ1n) is 9.66. The monoisotopic (exact) mass is 453 g/mol. The Morgan fingerprint density at radius 1 is 1.17 bits per heavy atom. The zero-order valence-corrected chi connectivity index (χ0v) is 18.4. The Kier molecular flexibility index (Phi) is 4.99. The van der Waals surface area contributed by atoms with E-state index in [2.05, 4.69) is 55.1 Å². The number of imidazole rings is 1. The van der Waals surface area contributed by atoms with Crippen LogP contribution in [0.2, 0.25) is 0 Å². The Balaban J connectivity index is 1.73. The summed E-state index contributed by atoms with van der Waals surface area (Å²) >= 11 is 3.53. The molecule has 150 valence electrons. The summed E-state index contributed by atoms with van der Waals surface area (Å²) in [5.74, 6) is 0.933. The lowest BCUT2D eigenvalue weighted by Gasteiger charge is -2.33. The molecule has 1 aliphatic rings. The van der Waals surface area contributed by atoms with Crippen LogP contribution in [0.1, 0.15) is 38.3 Å². The van der Waals surface area contributed by atoms with E-state index >= 15 is 0 Å². The molecule has 0 fully saturated rings. The van der Waals surface area contributed by atoms with Crippen molar-refractivity contribution in [3.8, 4) is 11.4 Å². The molecular weight excluding hydrogens is 430 g/mol. The van der Waals surface area contributed by atoms with Gasteiger partial charge in [-0.3, -0.25) is 0 Å². The minimum Gasteiger partial charge on any atom is -0.449 e. The maximum atomic E-state index is 12.2. The smallest absolute Gasteiger partial charge is 0.407 e. The van der Waals surface area contributed by atoms with Crippen molar-refractivity contribution < 1.29 is 9.53 Å². The Morgan fingerprint density at radius 3 is 2.62 bits per heavy atom.